The van der Waals surface area contributed by atoms with E-state index in [9.17, 15) is 23.1 Å². The number of nitrogens with one attached hydrogen (secondary N) is 2. The van der Waals surface area contributed by atoms with E-state index in [-0.39, 0.29) is 10.6 Å². The van der Waals surface area contributed by atoms with Crippen LogP contribution < -0.4 is 10.6 Å². The summed E-state index contributed by atoms with van der Waals surface area (Å²) in [6, 6.07) is 3.86. The second-order valence-corrected chi connectivity index (χ2v) is 9.01. The third kappa shape index (κ3) is 4.53. The van der Waals surface area contributed by atoms with Gasteiger partial charge in [0.1, 0.15) is 0 Å². The fraction of sp³-hybridized carbons (Fsp3) is 0.529. The number of hydrogen-bond acceptors (Lipinski definition) is 5. The molecular formula is C17H24N2O6S. The molecule has 1 aliphatic rings. The minimum Gasteiger partial charge on any atom is -0.479 e. The van der Waals surface area contributed by atoms with Gasteiger partial charge in [0.25, 0.3) is 0 Å². The maximum Gasteiger partial charge on any atom is 0.337 e. The van der Waals surface area contributed by atoms with Crippen LogP contribution >= 0.6 is 0 Å². The summed E-state index contributed by atoms with van der Waals surface area (Å²) < 4.78 is 25.6. The second-order valence-electron chi connectivity index (χ2n) is 6.82. The van der Waals surface area contributed by atoms with Gasteiger partial charge in [-0.25, -0.2) is 18.0 Å². The van der Waals surface area contributed by atoms with Gasteiger partial charge in [-0.1, -0.05) is 18.9 Å². The summed E-state index contributed by atoms with van der Waals surface area (Å²) >= 11 is 0. The Labute approximate surface area is 152 Å². The first-order chi connectivity index (χ1) is 12.0. The van der Waals surface area contributed by atoms with Gasteiger partial charge in [0.05, 0.1) is 16.7 Å². The van der Waals surface area contributed by atoms with Gasteiger partial charge in [-0.15, -0.1) is 0 Å². The summed E-state index contributed by atoms with van der Waals surface area (Å²) in [5.41, 5.74) is -1.21. The number of anilines is 1. The van der Waals surface area contributed by atoms with Gasteiger partial charge in [-0.2, -0.15) is 0 Å². The number of sulfone groups is 1. The van der Waals surface area contributed by atoms with Crippen LogP contribution in [0.5, 0.6) is 0 Å². The van der Waals surface area contributed by atoms with Crippen LogP contribution in [-0.2, 0) is 14.6 Å². The molecule has 0 aromatic heterocycles. The van der Waals surface area contributed by atoms with E-state index < -0.39 is 39.2 Å². The number of carbonyl (C=O) groups is 2. The predicted octanol–water partition coefficient (Wildman–Crippen LogP) is 1.67. The summed E-state index contributed by atoms with van der Waals surface area (Å²) in [5.74, 6) is -1.46. The zero-order valence-corrected chi connectivity index (χ0v) is 15.6. The average molecular weight is 384 g/mol. The lowest BCUT2D eigenvalue weighted by atomic mass is 10.1. The van der Waals surface area contributed by atoms with E-state index in [1.54, 1.807) is 19.1 Å². The summed E-state index contributed by atoms with van der Waals surface area (Å²) in [6.07, 6.45) is 3.08. The number of urea groups is 1. The third-order valence-corrected chi connectivity index (χ3v) is 6.95. The Hall–Kier alpha value is -2.13. The minimum absolute atomic E-state index is 0.194. The van der Waals surface area contributed by atoms with Crippen LogP contribution in [0, 0.1) is 6.92 Å². The molecule has 1 saturated carbocycles. The summed E-state index contributed by atoms with van der Waals surface area (Å²) in [5, 5.41) is 22.7. The fourth-order valence-corrected chi connectivity index (χ4v) is 4.99. The van der Waals surface area contributed by atoms with Crippen molar-refractivity contribution in [3.63, 3.8) is 0 Å². The zero-order valence-electron chi connectivity index (χ0n) is 14.8. The van der Waals surface area contributed by atoms with E-state index in [0.717, 1.165) is 19.8 Å². The number of hydrogen-bond donors (Lipinski definition) is 4. The van der Waals surface area contributed by atoms with E-state index >= 15 is 0 Å². The van der Waals surface area contributed by atoms with Crippen molar-refractivity contribution in [1.82, 2.24) is 5.32 Å². The monoisotopic (exact) mass is 384 g/mol. The van der Waals surface area contributed by atoms with Crippen LogP contribution in [0.3, 0.4) is 0 Å². The molecule has 1 unspecified atom stereocenters. The van der Waals surface area contributed by atoms with Gasteiger partial charge >= 0.3 is 12.0 Å². The molecule has 0 saturated heterocycles. The van der Waals surface area contributed by atoms with Crippen molar-refractivity contribution in [2.45, 2.75) is 55.3 Å². The molecule has 144 valence electrons. The van der Waals surface area contributed by atoms with Crippen LogP contribution in [-0.4, -0.2) is 48.0 Å². The van der Waals surface area contributed by atoms with Gasteiger partial charge in [-0.05, 0) is 44.4 Å². The lowest BCUT2D eigenvalue weighted by molar-refractivity contribution is -0.155. The highest BCUT2D eigenvalue weighted by atomic mass is 32.2. The summed E-state index contributed by atoms with van der Waals surface area (Å²) in [6.45, 7) is 2.27. The van der Waals surface area contributed by atoms with Crippen LogP contribution in [0.2, 0.25) is 0 Å². The lowest BCUT2D eigenvalue weighted by Crippen LogP contribution is -2.47. The molecule has 2 amide bonds. The highest BCUT2D eigenvalue weighted by molar-refractivity contribution is 7.92. The number of aryl methyl sites for hydroxylation is 1. The molecule has 1 atom stereocenters. The SMILES string of the molecule is Cc1ccc(NC(=O)NCC(C)(O)C(=O)O)cc1S(=O)(=O)C1CCCC1. The van der Waals surface area contributed by atoms with Gasteiger partial charge in [0.15, 0.2) is 15.4 Å². The smallest absolute Gasteiger partial charge is 0.337 e. The summed E-state index contributed by atoms with van der Waals surface area (Å²) in [4.78, 5) is 22.9. The first kappa shape index (κ1) is 20.2. The highest BCUT2D eigenvalue weighted by Gasteiger charge is 2.32. The first-order valence-corrected chi connectivity index (χ1v) is 9.94. The van der Waals surface area contributed by atoms with Crippen LogP contribution in [0.15, 0.2) is 23.1 Å². The highest BCUT2D eigenvalue weighted by Crippen LogP contribution is 2.32. The maximum absolute atomic E-state index is 12.8. The Kier molecular flexibility index (Phi) is 5.92. The molecule has 1 aromatic rings. The lowest BCUT2D eigenvalue weighted by Gasteiger charge is -2.19. The largest absolute Gasteiger partial charge is 0.479 e. The Bertz CT molecular complexity index is 797. The normalized spacial score (nSPS) is 17.5. The topological polar surface area (TPSA) is 133 Å². The quantitative estimate of drug-likeness (QED) is 0.590. The molecule has 2 rings (SSSR count). The molecule has 9 heteroatoms. The van der Waals surface area contributed by atoms with Gasteiger partial charge in [0, 0.05) is 5.69 Å². The molecule has 1 aliphatic carbocycles. The van der Waals surface area contributed by atoms with E-state index in [0.29, 0.717) is 18.4 Å². The van der Waals surface area contributed by atoms with Gasteiger partial charge in [-0.3, -0.25) is 0 Å². The number of carbonyl (C=O) groups excluding carboxylic acids is 1. The molecule has 0 spiro atoms. The molecule has 26 heavy (non-hydrogen) atoms. The molecule has 1 fully saturated rings. The number of aliphatic hydroxyl groups is 1. The van der Waals surface area contributed by atoms with E-state index in [2.05, 4.69) is 10.6 Å². The molecule has 8 nitrogen and oxygen atoms in total. The number of rotatable bonds is 6. The maximum atomic E-state index is 12.8. The Morgan fingerprint density at radius 2 is 1.88 bits per heavy atom. The standard InChI is InChI=1S/C17H24N2O6S/c1-11-7-8-12(19-16(22)18-10-17(2,23)15(20)21)9-14(11)26(24,25)13-5-3-4-6-13/h7-9,13,23H,3-6,10H2,1-2H3,(H,20,21)(H2,18,19,22). The summed E-state index contributed by atoms with van der Waals surface area (Å²) in [7, 11) is -3.46. The van der Waals surface area contributed by atoms with Crippen LogP contribution in [0.25, 0.3) is 0 Å². The van der Waals surface area contributed by atoms with E-state index in [1.807, 2.05) is 0 Å². The number of carboxylic acids is 1. The van der Waals surface area contributed by atoms with Crippen LogP contribution in [0.1, 0.15) is 38.2 Å². The van der Waals surface area contributed by atoms with Crippen molar-refractivity contribution < 1.29 is 28.2 Å². The number of amides is 2. The molecule has 0 aliphatic heterocycles. The molecular weight excluding hydrogens is 360 g/mol. The molecule has 0 heterocycles. The van der Waals surface area contributed by atoms with Gasteiger partial charge in [0.2, 0.25) is 0 Å². The fourth-order valence-electron chi connectivity index (χ4n) is 2.87. The second kappa shape index (κ2) is 7.63. The van der Waals surface area contributed by atoms with Gasteiger partial charge < -0.3 is 20.8 Å². The first-order valence-electron chi connectivity index (χ1n) is 8.39. The Morgan fingerprint density at radius 3 is 2.46 bits per heavy atom. The molecule has 4 N–H and O–H groups in total. The van der Waals surface area contributed by atoms with Crippen LogP contribution in [0.4, 0.5) is 10.5 Å². The van der Waals surface area contributed by atoms with Crippen molar-refractivity contribution in [3.05, 3.63) is 23.8 Å². The molecule has 1 aromatic carbocycles. The van der Waals surface area contributed by atoms with Crippen molar-refractivity contribution in [1.29, 1.82) is 0 Å². The Balaban J connectivity index is 2.12. The predicted molar refractivity (Wildman–Crippen MR) is 95.9 cm³/mol. The molecule has 0 bridgehead atoms. The minimum atomic E-state index is -3.46. The molecule has 0 radical (unpaired) electrons. The van der Waals surface area contributed by atoms with Crippen molar-refractivity contribution in [3.8, 4) is 0 Å². The average Bonchev–Trinajstić information content (AvgIpc) is 3.10. The third-order valence-electron chi connectivity index (χ3n) is 4.55. The van der Waals surface area contributed by atoms with E-state index in [4.69, 9.17) is 5.11 Å². The van der Waals surface area contributed by atoms with Crippen molar-refractivity contribution in [2.24, 2.45) is 0 Å². The zero-order chi connectivity index (χ0) is 19.5. The number of carboxylic acid groups (broad SMARTS) is 1. The Morgan fingerprint density at radius 1 is 1.27 bits per heavy atom. The van der Waals surface area contributed by atoms with Crippen molar-refractivity contribution >= 4 is 27.5 Å². The number of benzene rings is 1. The van der Waals surface area contributed by atoms with Crippen molar-refractivity contribution in [2.75, 3.05) is 11.9 Å². The number of aliphatic carboxylic acids is 1. The van der Waals surface area contributed by atoms with E-state index in [1.165, 1.54) is 6.07 Å².